The summed E-state index contributed by atoms with van der Waals surface area (Å²) in [6.45, 7) is 7.70. The van der Waals surface area contributed by atoms with Gasteiger partial charge in [-0.25, -0.2) is 9.67 Å². The van der Waals surface area contributed by atoms with Crippen molar-refractivity contribution in [2.75, 3.05) is 19.6 Å². The van der Waals surface area contributed by atoms with Crippen LogP contribution in [-0.2, 0) is 13.1 Å². The fraction of sp³-hybridized carbons (Fsp3) is 0.643. The van der Waals surface area contributed by atoms with Gasteiger partial charge in [0.2, 0.25) is 0 Å². The van der Waals surface area contributed by atoms with E-state index >= 15 is 0 Å². The fourth-order valence-corrected chi connectivity index (χ4v) is 2.94. The van der Waals surface area contributed by atoms with E-state index in [4.69, 9.17) is 0 Å². The first-order chi connectivity index (χ1) is 9.83. The molecular formula is C14H22N6. The molecule has 1 aliphatic rings. The summed E-state index contributed by atoms with van der Waals surface area (Å²) < 4.78 is 3.90. The number of likely N-dealkylation sites (tertiary alicyclic amines) is 1. The molecular weight excluding hydrogens is 252 g/mol. The van der Waals surface area contributed by atoms with E-state index in [0.717, 1.165) is 19.0 Å². The minimum Gasteiger partial charge on any atom is -0.303 e. The van der Waals surface area contributed by atoms with E-state index in [0.29, 0.717) is 0 Å². The second kappa shape index (κ2) is 6.17. The molecule has 6 nitrogen and oxygen atoms in total. The van der Waals surface area contributed by atoms with Crippen molar-refractivity contribution >= 4 is 0 Å². The Morgan fingerprint density at radius 2 is 2.25 bits per heavy atom. The molecule has 1 fully saturated rings. The van der Waals surface area contributed by atoms with Crippen molar-refractivity contribution in [2.45, 2.75) is 32.9 Å². The molecule has 0 N–H and O–H groups in total. The maximum Gasteiger partial charge on any atom is 0.137 e. The molecule has 1 atom stereocenters. The summed E-state index contributed by atoms with van der Waals surface area (Å²) in [4.78, 5) is 6.51. The van der Waals surface area contributed by atoms with Crippen LogP contribution in [0, 0.1) is 5.92 Å². The quantitative estimate of drug-likeness (QED) is 0.795. The molecule has 6 heteroatoms. The van der Waals surface area contributed by atoms with Gasteiger partial charge in [-0.3, -0.25) is 4.68 Å². The first-order valence-electron chi connectivity index (χ1n) is 7.39. The zero-order valence-electron chi connectivity index (χ0n) is 12.0. The third kappa shape index (κ3) is 3.25. The molecule has 0 aromatic carbocycles. The molecule has 108 valence electrons. The van der Waals surface area contributed by atoms with Crippen molar-refractivity contribution in [2.24, 2.45) is 5.92 Å². The smallest absolute Gasteiger partial charge is 0.137 e. The lowest BCUT2D eigenvalue weighted by atomic mass is 10.1. The predicted molar refractivity (Wildman–Crippen MR) is 76.2 cm³/mol. The van der Waals surface area contributed by atoms with E-state index in [2.05, 4.69) is 37.9 Å². The Balaban J connectivity index is 1.53. The van der Waals surface area contributed by atoms with Gasteiger partial charge in [-0.1, -0.05) is 6.92 Å². The molecule has 0 spiro atoms. The van der Waals surface area contributed by atoms with Crippen LogP contribution in [0.1, 0.15) is 25.3 Å². The van der Waals surface area contributed by atoms with Crippen LogP contribution in [0.2, 0.25) is 0 Å². The minimum absolute atomic E-state index is 0.737. The molecule has 1 aliphatic heterocycles. The molecule has 2 aromatic heterocycles. The predicted octanol–water partition coefficient (Wildman–Crippen LogP) is 1.25. The maximum absolute atomic E-state index is 4.47. The molecule has 0 radical (unpaired) electrons. The van der Waals surface area contributed by atoms with Gasteiger partial charge < -0.3 is 4.90 Å². The number of hydrogen-bond donors (Lipinski definition) is 0. The van der Waals surface area contributed by atoms with Crippen LogP contribution in [0.5, 0.6) is 0 Å². The van der Waals surface area contributed by atoms with Gasteiger partial charge in [0.25, 0.3) is 0 Å². The average molecular weight is 274 g/mol. The van der Waals surface area contributed by atoms with Crippen molar-refractivity contribution in [1.29, 1.82) is 0 Å². The Bertz CT molecular complexity index is 518. The Labute approximate surface area is 119 Å². The van der Waals surface area contributed by atoms with Gasteiger partial charge in [0.1, 0.15) is 12.7 Å². The molecule has 1 unspecified atom stereocenters. The first kappa shape index (κ1) is 13.3. The molecule has 20 heavy (non-hydrogen) atoms. The van der Waals surface area contributed by atoms with Gasteiger partial charge in [0, 0.05) is 24.8 Å². The standard InChI is InChI=1S/C14H22N6/c1-2-4-18-5-3-13(7-18)8-19-9-14(6-16-19)10-20-12-15-11-17-20/h6,9,11-13H,2-5,7-8,10H2,1H3. The molecule has 0 aliphatic carbocycles. The maximum atomic E-state index is 4.47. The van der Waals surface area contributed by atoms with Crippen molar-refractivity contribution in [3.05, 3.63) is 30.6 Å². The van der Waals surface area contributed by atoms with Gasteiger partial charge in [0.05, 0.1) is 12.7 Å². The van der Waals surface area contributed by atoms with E-state index in [1.165, 1.54) is 38.0 Å². The van der Waals surface area contributed by atoms with Crippen LogP contribution < -0.4 is 0 Å². The van der Waals surface area contributed by atoms with Crippen LogP contribution in [0.4, 0.5) is 0 Å². The highest BCUT2D eigenvalue weighted by atomic mass is 15.3. The van der Waals surface area contributed by atoms with Gasteiger partial charge in [-0.15, -0.1) is 0 Å². The van der Waals surface area contributed by atoms with Crippen molar-refractivity contribution in [3.63, 3.8) is 0 Å². The van der Waals surface area contributed by atoms with E-state index in [1.54, 1.807) is 12.7 Å². The third-order valence-corrected chi connectivity index (χ3v) is 3.85. The highest BCUT2D eigenvalue weighted by Crippen LogP contribution is 2.18. The Hall–Kier alpha value is -1.69. The highest BCUT2D eigenvalue weighted by molar-refractivity contribution is 5.04. The number of nitrogens with zero attached hydrogens (tertiary/aromatic N) is 6. The Morgan fingerprint density at radius 1 is 1.30 bits per heavy atom. The zero-order chi connectivity index (χ0) is 13.8. The van der Waals surface area contributed by atoms with Crippen molar-refractivity contribution < 1.29 is 0 Å². The monoisotopic (exact) mass is 274 g/mol. The van der Waals surface area contributed by atoms with Crippen LogP contribution in [0.25, 0.3) is 0 Å². The van der Waals surface area contributed by atoms with Gasteiger partial charge in [0.15, 0.2) is 0 Å². The van der Waals surface area contributed by atoms with Crippen LogP contribution in [-0.4, -0.2) is 49.1 Å². The van der Waals surface area contributed by atoms with Gasteiger partial charge in [-0.05, 0) is 31.8 Å². The summed E-state index contributed by atoms with van der Waals surface area (Å²) in [5.74, 6) is 0.737. The summed E-state index contributed by atoms with van der Waals surface area (Å²) in [6, 6.07) is 0. The van der Waals surface area contributed by atoms with E-state index in [-0.39, 0.29) is 0 Å². The van der Waals surface area contributed by atoms with Gasteiger partial charge >= 0.3 is 0 Å². The Morgan fingerprint density at radius 3 is 3.05 bits per heavy atom. The zero-order valence-corrected chi connectivity index (χ0v) is 12.0. The number of rotatable bonds is 6. The van der Waals surface area contributed by atoms with Gasteiger partial charge in [-0.2, -0.15) is 10.2 Å². The first-order valence-corrected chi connectivity index (χ1v) is 7.39. The fourth-order valence-electron chi connectivity index (χ4n) is 2.94. The summed E-state index contributed by atoms with van der Waals surface area (Å²) in [5, 5.41) is 8.58. The number of hydrogen-bond acceptors (Lipinski definition) is 4. The SMILES string of the molecule is CCCN1CCC(Cn2cc(Cn3cncn3)cn2)C1. The highest BCUT2D eigenvalue weighted by Gasteiger charge is 2.22. The molecule has 1 saturated heterocycles. The third-order valence-electron chi connectivity index (χ3n) is 3.85. The van der Waals surface area contributed by atoms with E-state index < -0.39 is 0 Å². The Kier molecular flexibility index (Phi) is 4.11. The topological polar surface area (TPSA) is 51.8 Å². The molecule has 0 saturated carbocycles. The van der Waals surface area contributed by atoms with Crippen LogP contribution in [0.15, 0.2) is 25.0 Å². The van der Waals surface area contributed by atoms with Crippen molar-refractivity contribution in [3.8, 4) is 0 Å². The second-order valence-corrected chi connectivity index (χ2v) is 5.62. The lowest BCUT2D eigenvalue weighted by Crippen LogP contribution is -2.22. The van der Waals surface area contributed by atoms with Crippen molar-refractivity contribution in [1.82, 2.24) is 29.4 Å². The molecule has 0 bridgehead atoms. The van der Waals surface area contributed by atoms with E-state index in [9.17, 15) is 0 Å². The average Bonchev–Trinajstić information content (AvgIpc) is 3.15. The molecule has 2 aromatic rings. The second-order valence-electron chi connectivity index (χ2n) is 5.62. The largest absolute Gasteiger partial charge is 0.303 e. The summed E-state index contributed by atoms with van der Waals surface area (Å²) in [7, 11) is 0. The lowest BCUT2D eigenvalue weighted by Gasteiger charge is -2.14. The molecule has 3 heterocycles. The van der Waals surface area contributed by atoms with Crippen LogP contribution >= 0.6 is 0 Å². The summed E-state index contributed by atoms with van der Waals surface area (Å²) in [6.07, 6.45) is 9.89. The van der Waals surface area contributed by atoms with E-state index in [1.807, 2.05) is 10.9 Å². The number of aromatic nitrogens is 5. The minimum atomic E-state index is 0.737. The molecule has 3 rings (SSSR count). The normalized spacial score (nSPS) is 19.8. The lowest BCUT2D eigenvalue weighted by molar-refractivity contribution is 0.314. The summed E-state index contributed by atoms with van der Waals surface area (Å²) in [5.41, 5.74) is 1.18. The summed E-state index contributed by atoms with van der Waals surface area (Å²) >= 11 is 0. The van der Waals surface area contributed by atoms with Crippen LogP contribution in [0.3, 0.4) is 0 Å². The molecule has 0 amide bonds.